The highest BCUT2D eigenvalue weighted by atomic mass is 16.5. The van der Waals surface area contributed by atoms with Crippen LogP contribution in [0.4, 0.5) is 0 Å². The first-order valence-corrected chi connectivity index (χ1v) is 5.58. The summed E-state index contributed by atoms with van der Waals surface area (Å²) in [6.45, 7) is 1.77. The maximum absolute atomic E-state index is 10.8. The molecule has 0 bridgehead atoms. The Bertz CT molecular complexity index is 461. The van der Waals surface area contributed by atoms with Crippen molar-refractivity contribution >= 4 is 5.97 Å². The van der Waals surface area contributed by atoms with Gasteiger partial charge in [-0.2, -0.15) is 0 Å². The predicted molar refractivity (Wildman–Crippen MR) is 62.6 cm³/mol. The fourth-order valence-corrected chi connectivity index (χ4v) is 2.20. The van der Waals surface area contributed by atoms with Gasteiger partial charge in [-0.05, 0) is 37.5 Å². The molecule has 2 rings (SSSR count). The molecule has 0 saturated heterocycles. The first kappa shape index (κ1) is 11.8. The van der Waals surface area contributed by atoms with Gasteiger partial charge in [0.2, 0.25) is 0 Å². The standard InChI is InChI=1S/C13H16O4/c1-8-10(14)5-9(6-11(8)17-2)13(3-4-13)7-12(15)16/h5-6,14H,3-4,7H2,1-2H3,(H,15,16). The maximum Gasteiger partial charge on any atom is 0.304 e. The summed E-state index contributed by atoms with van der Waals surface area (Å²) in [6.07, 6.45) is 1.81. The number of carbonyl (C=O) groups is 1. The van der Waals surface area contributed by atoms with Crippen LogP contribution in [0.3, 0.4) is 0 Å². The second-order valence-corrected chi connectivity index (χ2v) is 4.67. The van der Waals surface area contributed by atoms with Crippen molar-refractivity contribution in [2.75, 3.05) is 7.11 Å². The molecule has 4 heteroatoms. The average Bonchev–Trinajstić information content (AvgIpc) is 3.01. The molecule has 0 aliphatic heterocycles. The lowest BCUT2D eigenvalue weighted by atomic mass is 9.91. The topological polar surface area (TPSA) is 66.8 Å². The third-order valence-electron chi connectivity index (χ3n) is 3.51. The van der Waals surface area contributed by atoms with Gasteiger partial charge in [-0.15, -0.1) is 0 Å². The summed E-state index contributed by atoms with van der Waals surface area (Å²) in [5, 5.41) is 18.7. The fraction of sp³-hybridized carbons (Fsp3) is 0.462. The lowest BCUT2D eigenvalue weighted by molar-refractivity contribution is -0.137. The van der Waals surface area contributed by atoms with E-state index in [1.54, 1.807) is 20.1 Å². The van der Waals surface area contributed by atoms with Crippen LogP contribution in [-0.2, 0) is 10.2 Å². The Kier molecular flexibility index (Phi) is 2.73. The van der Waals surface area contributed by atoms with Crippen LogP contribution in [0.2, 0.25) is 0 Å². The number of benzene rings is 1. The summed E-state index contributed by atoms with van der Waals surface area (Å²) in [5.41, 5.74) is 1.24. The largest absolute Gasteiger partial charge is 0.508 e. The third-order valence-corrected chi connectivity index (χ3v) is 3.51. The third kappa shape index (κ3) is 2.07. The number of aromatic hydroxyl groups is 1. The van der Waals surface area contributed by atoms with Crippen LogP contribution in [0.5, 0.6) is 11.5 Å². The molecule has 1 aliphatic rings. The molecule has 0 radical (unpaired) electrons. The van der Waals surface area contributed by atoms with Gasteiger partial charge in [0.15, 0.2) is 0 Å². The number of phenols is 1. The van der Waals surface area contributed by atoms with Gasteiger partial charge in [0.05, 0.1) is 13.5 Å². The number of methoxy groups -OCH3 is 1. The first-order chi connectivity index (χ1) is 7.98. The van der Waals surface area contributed by atoms with Crippen LogP contribution in [-0.4, -0.2) is 23.3 Å². The number of carboxylic acid groups (broad SMARTS) is 1. The van der Waals surface area contributed by atoms with Crippen molar-refractivity contribution in [1.82, 2.24) is 0 Å². The molecule has 17 heavy (non-hydrogen) atoms. The summed E-state index contributed by atoms with van der Waals surface area (Å²) in [5.74, 6) is -0.0331. The van der Waals surface area contributed by atoms with Crippen LogP contribution in [0.25, 0.3) is 0 Å². The van der Waals surface area contributed by atoms with Crippen molar-refractivity contribution in [3.05, 3.63) is 23.3 Å². The molecule has 1 aromatic carbocycles. The Hall–Kier alpha value is -1.71. The van der Waals surface area contributed by atoms with E-state index in [9.17, 15) is 9.90 Å². The van der Waals surface area contributed by atoms with Gasteiger partial charge in [-0.1, -0.05) is 0 Å². The molecular weight excluding hydrogens is 220 g/mol. The summed E-state index contributed by atoms with van der Waals surface area (Å²) in [7, 11) is 1.54. The zero-order valence-corrected chi connectivity index (χ0v) is 9.99. The van der Waals surface area contributed by atoms with Gasteiger partial charge < -0.3 is 14.9 Å². The molecular formula is C13H16O4. The van der Waals surface area contributed by atoms with Crippen molar-refractivity contribution in [3.8, 4) is 11.5 Å². The molecule has 2 N–H and O–H groups in total. The fourth-order valence-electron chi connectivity index (χ4n) is 2.20. The zero-order valence-electron chi connectivity index (χ0n) is 9.99. The highest BCUT2D eigenvalue weighted by Gasteiger charge is 2.46. The van der Waals surface area contributed by atoms with Crippen LogP contribution in [0.15, 0.2) is 12.1 Å². The van der Waals surface area contributed by atoms with Crippen molar-refractivity contribution in [2.45, 2.75) is 31.6 Å². The van der Waals surface area contributed by atoms with E-state index in [1.165, 1.54) is 0 Å². The smallest absolute Gasteiger partial charge is 0.304 e. The number of hydrogen-bond donors (Lipinski definition) is 2. The Morgan fingerprint density at radius 1 is 1.47 bits per heavy atom. The molecule has 0 heterocycles. The number of phenolic OH excluding ortho intramolecular Hbond substituents is 1. The minimum atomic E-state index is -0.804. The van der Waals surface area contributed by atoms with Gasteiger partial charge in [0.1, 0.15) is 11.5 Å². The summed E-state index contributed by atoms with van der Waals surface area (Å²) in [4.78, 5) is 10.8. The molecule has 0 spiro atoms. The van der Waals surface area contributed by atoms with Crippen LogP contribution < -0.4 is 4.74 Å². The predicted octanol–water partition coefficient (Wildman–Crippen LogP) is 2.22. The van der Waals surface area contributed by atoms with Gasteiger partial charge >= 0.3 is 5.97 Å². The lowest BCUT2D eigenvalue weighted by Gasteiger charge is -2.16. The van der Waals surface area contributed by atoms with Gasteiger partial charge in [-0.25, -0.2) is 0 Å². The number of carboxylic acids is 1. The van der Waals surface area contributed by atoms with Gasteiger partial charge in [-0.3, -0.25) is 4.79 Å². The number of rotatable bonds is 4. The zero-order chi connectivity index (χ0) is 12.6. The van der Waals surface area contributed by atoms with E-state index in [0.717, 1.165) is 18.4 Å². The van der Waals surface area contributed by atoms with E-state index in [0.29, 0.717) is 11.3 Å². The summed E-state index contributed by atoms with van der Waals surface area (Å²) < 4.78 is 5.19. The van der Waals surface area contributed by atoms with E-state index in [-0.39, 0.29) is 17.6 Å². The van der Waals surface area contributed by atoms with E-state index >= 15 is 0 Å². The molecule has 0 unspecified atom stereocenters. The molecule has 1 aliphatic carbocycles. The highest BCUT2D eigenvalue weighted by Crippen LogP contribution is 2.52. The Morgan fingerprint density at radius 3 is 2.59 bits per heavy atom. The van der Waals surface area contributed by atoms with E-state index in [2.05, 4.69) is 0 Å². The normalized spacial score (nSPS) is 16.6. The SMILES string of the molecule is COc1cc(C2(CC(=O)O)CC2)cc(O)c1C. The lowest BCUT2D eigenvalue weighted by Crippen LogP contribution is -2.13. The molecule has 92 valence electrons. The van der Waals surface area contributed by atoms with Gasteiger partial charge in [0, 0.05) is 11.0 Å². The Morgan fingerprint density at radius 2 is 2.12 bits per heavy atom. The minimum Gasteiger partial charge on any atom is -0.508 e. The summed E-state index contributed by atoms with van der Waals surface area (Å²) >= 11 is 0. The molecule has 1 saturated carbocycles. The van der Waals surface area contributed by atoms with Crippen molar-refractivity contribution in [3.63, 3.8) is 0 Å². The van der Waals surface area contributed by atoms with Crippen molar-refractivity contribution < 1.29 is 19.7 Å². The second-order valence-electron chi connectivity index (χ2n) is 4.67. The average molecular weight is 236 g/mol. The maximum atomic E-state index is 10.8. The number of hydrogen-bond acceptors (Lipinski definition) is 3. The highest BCUT2D eigenvalue weighted by molar-refractivity contribution is 5.70. The monoisotopic (exact) mass is 236 g/mol. The molecule has 0 atom stereocenters. The van der Waals surface area contributed by atoms with E-state index in [4.69, 9.17) is 9.84 Å². The Balaban J connectivity index is 2.40. The minimum absolute atomic E-state index is 0.110. The first-order valence-electron chi connectivity index (χ1n) is 5.58. The van der Waals surface area contributed by atoms with Crippen molar-refractivity contribution in [2.24, 2.45) is 0 Å². The van der Waals surface area contributed by atoms with Crippen LogP contribution in [0.1, 0.15) is 30.4 Å². The van der Waals surface area contributed by atoms with Crippen LogP contribution in [0, 0.1) is 6.92 Å². The summed E-state index contributed by atoms with van der Waals surface area (Å²) in [6, 6.07) is 3.50. The van der Waals surface area contributed by atoms with E-state index in [1.807, 2.05) is 6.07 Å². The second kappa shape index (κ2) is 3.95. The number of ether oxygens (including phenoxy) is 1. The molecule has 0 aromatic heterocycles. The van der Waals surface area contributed by atoms with Gasteiger partial charge in [0.25, 0.3) is 0 Å². The number of aliphatic carboxylic acids is 1. The molecule has 0 amide bonds. The Labute approximate surface area is 99.8 Å². The molecule has 4 nitrogen and oxygen atoms in total. The molecule has 1 fully saturated rings. The molecule has 1 aromatic rings. The van der Waals surface area contributed by atoms with Crippen LogP contribution >= 0.6 is 0 Å². The van der Waals surface area contributed by atoms with Crippen molar-refractivity contribution in [1.29, 1.82) is 0 Å². The quantitative estimate of drug-likeness (QED) is 0.841. The van der Waals surface area contributed by atoms with E-state index < -0.39 is 5.97 Å².